The van der Waals surface area contributed by atoms with Crippen LogP contribution in [0.25, 0.3) is 0 Å². The van der Waals surface area contributed by atoms with Gasteiger partial charge in [-0.25, -0.2) is 0 Å². The molecule has 25 heavy (non-hydrogen) atoms. The molecule has 1 unspecified atom stereocenters. The predicted molar refractivity (Wildman–Crippen MR) is 97.7 cm³/mol. The lowest BCUT2D eigenvalue weighted by Gasteiger charge is -2.23. The quantitative estimate of drug-likeness (QED) is 0.288. The van der Waals surface area contributed by atoms with Crippen molar-refractivity contribution in [2.24, 2.45) is 0 Å². The monoisotopic (exact) mass is 482 g/mol. The minimum absolute atomic E-state index is 0.228. The highest BCUT2D eigenvalue weighted by Crippen LogP contribution is 2.22. The second-order valence-corrected chi connectivity index (χ2v) is 8.68. The van der Waals surface area contributed by atoms with Crippen LogP contribution in [0.4, 0.5) is 0 Å². The smallest absolute Gasteiger partial charge is 0.327 e. The summed E-state index contributed by atoms with van der Waals surface area (Å²) in [5.74, 6) is -1.83. The zero-order valence-corrected chi connectivity index (χ0v) is 16.4. The maximum absolute atomic E-state index is 12.1. The number of esters is 2. The van der Waals surface area contributed by atoms with Gasteiger partial charge in [-0.3, -0.25) is 14.1 Å². The number of rotatable bonds is 6. The van der Waals surface area contributed by atoms with E-state index in [0.717, 1.165) is 22.8 Å². The zero-order chi connectivity index (χ0) is 18.4. The molecular formula is C16H19IO7S. The van der Waals surface area contributed by atoms with Crippen LogP contribution in [0, 0.1) is 3.57 Å². The van der Waals surface area contributed by atoms with Crippen LogP contribution in [-0.2, 0) is 24.4 Å². The van der Waals surface area contributed by atoms with Crippen molar-refractivity contribution in [1.82, 2.24) is 0 Å². The lowest BCUT2D eigenvalue weighted by molar-refractivity contribution is -0.152. The number of carbonyl (C=O) groups excluding carboxylic acids is 2. The lowest BCUT2D eigenvalue weighted by Crippen LogP contribution is -2.37. The highest BCUT2D eigenvalue weighted by molar-refractivity contribution is 14.1. The summed E-state index contributed by atoms with van der Waals surface area (Å²) in [6, 6.07) is 6.58. The highest BCUT2D eigenvalue weighted by Gasteiger charge is 2.37. The van der Waals surface area contributed by atoms with Crippen LogP contribution >= 0.6 is 22.6 Å². The molecule has 1 fully saturated rings. The summed E-state index contributed by atoms with van der Waals surface area (Å²) in [6.07, 6.45) is 2.94. The normalized spacial score (nSPS) is 16.9. The average molecular weight is 482 g/mol. The van der Waals surface area contributed by atoms with Crippen LogP contribution in [0.1, 0.15) is 38.5 Å². The molecule has 1 atom stereocenters. The van der Waals surface area contributed by atoms with Gasteiger partial charge in [0.2, 0.25) is 0 Å². The van der Waals surface area contributed by atoms with Crippen LogP contribution in [0.2, 0.25) is 0 Å². The van der Waals surface area contributed by atoms with Crippen LogP contribution in [0.15, 0.2) is 24.3 Å². The van der Waals surface area contributed by atoms with Crippen molar-refractivity contribution in [3.05, 3.63) is 27.8 Å². The summed E-state index contributed by atoms with van der Waals surface area (Å²) in [4.78, 5) is 24.1. The maximum atomic E-state index is 12.1. The Morgan fingerprint density at radius 1 is 1.24 bits per heavy atom. The molecule has 0 bridgehead atoms. The zero-order valence-electron chi connectivity index (χ0n) is 13.4. The standard InChI is InChI=1S/C16H19IO7S/c17-11-5-4-8-13(9-11)23-15(18)10-14(25(20,21)22)16(19)24-12-6-2-1-3-7-12/h4-5,8-9,12,14H,1-3,6-7,10H2,(H,20,21,22). The van der Waals surface area contributed by atoms with Crippen molar-refractivity contribution in [3.63, 3.8) is 0 Å². The van der Waals surface area contributed by atoms with E-state index in [1.165, 1.54) is 6.07 Å². The lowest BCUT2D eigenvalue weighted by atomic mass is 9.98. The topological polar surface area (TPSA) is 107 Å². The van der Waals surface area contributed by atoms with Gasteiger partial charge in [-0.15, -0.1) is 0 Å². The fourth-order valence-corrected chi connectivity index (χ4v) is 3.75. The first-order chi connectivity index (χ1) is 11.8. The Morgan fingerprint density at radius 3 is 2.52 bits per heavy atom. The molecule has 0 aromatic heterocycles. The largest absolute Gasteiger partial charge is 0.461 e. The summed E-state index contributed by atoms with van der Waals surface area (Å²) < 4.78 is 43.3. The fourth-order valence-electron chi connectivity index (χ4n) is 2.59. The molecule has 0 amide bonds. The second kappa shape index (κ2) is 8.95. The second-order valence-electron chi connectivity index (χ2n) is 5.84. The molecule has 2 rings (SSSR count). The van der Waals surface area contributed by atoms with Crippen molar-refractivity contribution >= 4 is 44.6 Å². The van der Waals surface area contributed by atoms with E-state index < -0.39 is 33.7 Å². The van der Waals surface area contributed by atoms with Gasteiger partial charge in [0.25, 0.3) is 10.1 Å². The molecule has 0 heterocycles. The number of benzene rings is 1. The van der Waals surface area contributed by atoms with Crippen molar-refractivity contribution < 1.29 is 32.0 Å². The maximum Gasteiger partial charge on any atom is 0.327 e. The summed E-state index contributed by atoms with van der Waals surface area (Å²) in [7, 11) is -4.79. The summed E-state index contributed by atoms with van der Waals surface area (Å²) in [5.41, 5.74) is 0. The summed E-state index contributed by atoms with van der Waals surface area (Å²) >= 11 is 2.03. The minimum atomic E-state index is -4.79. The number of hydrogen-bond donors (Lipinski definition) is 1. The highest BCUT2D eigenvalue weighted by atomic mass is 127. The SMILES string of the molecule is O=C(CC(C(=O)OC1CCCCC1)S(=O)(=O)O)Oc1cccc(I)c1. The average Bonchev–Trinajstić information content (AvgIpc) is 2.52. The Labute approximate surface area is 160 Å². The number of hydrogen-bond acceptors (Lipinski definition) is 6. The molecule has 1 aliphatic rings. The van der Waals surface area contributed by atoms with E-state index in [-0.39, 0.29) is 11.9 Å². The molecule has 138 valence electrons. The van der Waals surface area contributed by atoms with Gasteiger partial charge >= 0.3 is 11.9 Å². The Balaban J connectivity index is 2.01. The van der Waals surface area contributed by atoms with E-state index in [2.05, 4.69) is 0 Å². The Hall–Kier alpha value is -1.20. The van der Waals surface area contributed by atoms with E-state index in [1.54, 1.807) is 18.2 Å². The van der Waals surface area contributed by atoms with Gasteiger partial charge < -0.3 is 9.47 Å². The molecule has 0 spiro atoms. The first-order valence-electron chi connectivity index (χ1n) is 7.89. The summed E-state index contributed by atoms with van der Waals surface area (Å²) in [6.45, 7) is 0. The van der Waals surface area contributed by atoms with Gasteiger partial charge in [-0.05, 0) is 66.5 Å². The number of ether oxygens (including phenoxy) is 2. The van der Waals surface area contributed by atoms with Crippen LogP contribution in [0.3, 0.4) is 0 Å². The Morgan fingerprint density at radius 2 is 1.92 bits per heavy atom. The van der Waals surface area contributed by atoms with Gasteiger partial charge in [0.15, 0.2) is 5.25 Å². The minimum Gasteiger partial charge on any atom is -0.461 e. The molecule has 1 aromatic rings. The first kappa shape index (κ1) is 20.1. The first-order valence-corrected chi connectivity index (χ1v) is 10.5. The third-order valence-electron chi connectivity index (χ3n) is 3.84. The van der Waals surface area contributed by atoms with E-state index >= 15 is 0 Å². The van der Waals surface area contributed by atoms with Gasteiger partial charge in [-0.1, -0.05) is 12.5 Å². The molecule has 0 aliphatic heterocycles. The molecule has 1 N–H and O–H groups in total. The van der Waals surface area contributed by atoms with Crippen molar-refractivity contribution in [2.75, 3.05) is 0 Å². The third-order valence-corrected chi connectivity index (χ3v) is 5.59. The van der Waals surface area contributed by atoms with Crippen LogP contribution < -0.4 is 4.74 Å². The van der Waals surface area contributed by atoms with Gasteiger partial charge in [0.1, 0.15) is 11.9 Å². The fraction of sp³-hybridized carbons (Fsp3) is 0.500. The van der Waals surface area contributed by atoms with E-state index in [1.807, 2.05) is 22.6 Å². The van der Waals surface area contributed by atoms with Crippen molar-refractivity contribution in [1.29, 1.82) is 0 Å². The molecular weight excluding hydrogens is 463 g/mol. The van der Waals surface area contributed by atoms with Crippen molar-refractivity contribution in [2.45, 2.75) is 49.9 Å². The van der Waals surface area contributed by atoms with Crippen LogP contribution in [0.5, 0.6) is 5.75 Å². The molecule has 9 heteroatoms. The molecule has 0 radical (unpaired) electrons. The van der Waals surface area contributed by atoms with Gasteiger partial charge in [-0.2, -0.15) is 8.42 Å². The molecule has 1 aromatic carbocycles. The van der Waals surface area contributed by atoms with Gasteiger partial charge in [0, 0.05) is 3.57 Å². The van der Waals surface area contributed by atoms with Crippen molar-refractivity contribution in [3.8, 4) is 5.75 Å². The summed E-state index contributed by atoms with van der Waals surface area (Å²) in [5, 5.41) is -1.98. The molecule has 7 nitrogen and oxygen atoms in total. The number of carbonyl (C=O) groups is 2. The molecule has 0 saturated heterocycles. The van der Waals surface area contributed by atoms with Crippen LogP contribution in [-0.4, -0.2) is 36.3 Å². The van der Waals surface area contributed by atoms with Gasteiger partial charge in [0.05, 0.1) is 6.42 Å². The van der Waals surface area contributed by atoms with E-state index in [0.29, 0.717) is 12.8 Å². The predicted octanol–water partition coefficient (Wildman–Crippen LogP) is 2.72. The van der Waals surface area contributed by atoms with E-state index in [4.69, 9.17) is 9.47 Å². The molecule has 1 aliphatic carbocycles. The Kier molecular flexibility index (Phi) is 7.20. The Bertz CT molecular complexity index is 726. The molecule has 1 saturated carbocycles. The third kappa shape index (κ3) is 6.55. The number of halogens is 1. The van der Waals surface area contributed by atoms with E-state index in [9.17, 15) is 22.6 Å².